The molecule has 3 heteroatoms. The molecule has 2 heterocycles. The van der Waals surface area contributed by atoms with E-state index in [-0.39, 0.29) is 0 Å². The first-order chi connectivity index (χ1) is 8.43. The summed E-state index contributed by atoms with van der Waals surface area (Å²) < 4.78 is 6.04. The number of hydrogen-bond donors (Lipinski definition) is 1. The molecule has 92 valence electrons. The predicted octanol–water partition coefficient (Wildman–Crippen LogP) is 3.18. The highest BCUT2D eigenvalue weighted by molar-refractivity contribution is 7.99. The van der Waals surface area contributed by atoms with E-state index in [9.17, 15) is 0 Å². The van der Waals surface area contributed by atoms with Gasteiger partial charge in [-0.05, 0) is 48.8 Å². The molecule has 0 spiro atoms. The Bertz CT molecular complexity index is 388. The Morgan fingerprint density at radius 3 is 3.06 bits per heavy atom. The van der Waals surface area contributed by atoms with Gasteiger partial charge in [-0.25, -0.2) is 0 Å². The number of hydrogen-bond acceptors (Lipinski definition) is 3. The molecule has 3 rings (SSSR count). The van der Waals surface area contributed by atoms with Gasteiger partial charge in [-0.2, -0.15) is 11.8 Å². The first kappa shape index (κ1) is 11.3. The van der Waals surface area contributed by atoms with E-state index >= 15 is 0 Å². The molecule has 2 nitrogen and oxygen atoms in total. The lowest BCUT2D eigenvalue weighted by Crippen LogP contribution is -2.17. The Morgan fingerprint density at radius 1 is 1.29 bits per heavy atom. The fourth-order valence-electron chi connectivity index (χ4n) is 2.57. The van der Waals surface area contributed by atoms with Crippen molar-refractivity contribution in [1.82, 2.24) is 0 Å². The molecule has 1 saturated heterocycles. The van der Waals surface area contributed by atoms with Gasteiger partial charge in [0.05, 0.1) is 6.61 Å². The highest BCUT2D eigenvalue weighted by Gasteiger charge is 2.17. The fraction of sp³-hybridized carbons (Fsp3) is 0.571. The van der Waals surface area contributed by atoms with Gasteiger partial charge < -0.3 is 10.1 Å². The number of fused-ring (bicyclic) bond motifs is 1. The third-order valence-electron chi connectivity index (χ3n) is 3.64. The molecule has 0 aromatic heterocycles. The molecule has 0 bridgehead atoms. The van der Waals surface area contributed by atoms with E-state index in [0.29, 0.717) is 0 Å². The monoisotopic (exact) mass is 249 g/mol. The lowest BCUT2D eigenvalue weighted by atomic mass is 10.0. The van der Waals surface area contributed by atoms with Crippen LogP contribution >= 0.6 is 11.8 Å². The van der Waals surface area contributed by atoms with Crippen molar-refractivity contribution in [2.45, 2.75) is 19.3 Å². The van der Waals surface area contributed by atoms with Crippen LogP contribution in [-0.4, -0.2) is 24.7 Å². The highest BCUT2D eigenvalue weighted by Crippen LogP contribution is 2.32. The van der Waals surface area contributed by atoms with Crippen molar-refractivity contribution in [3.05, 3.63) is 23.8 Å². The summed E-state index contributed by atoms with van der Waals surface area (Å²) in [5, 5.41) is 3.40. The Balaban J connectivity index is 1.63. The number of anilines is 1. The largest absolute Gasteiger partial charge is 0.493 e. The molecule has 17 heavy (non-hydrogen) atoms. The van der Waals surface area contributed by atoms with Crippen molar-refractivity contribution in [3.63, 3.8) is 0 Å². The SMILES string of the molecule is c1cc2c(c(OCC3CCSCC3)c1)CCN2. The van der Waals surface area contributed by atoms with Crippen LogP contribution in [0.4, 0.5) is 5.69 Å². The molecule has 0 saturated carbocycles. The topological polar surface area (TPSA) is 21.3 Å². The third-order valence-corrected chi connectivity index (χ3v) is 4.69. The molecular weight excluding hydrogens is 230 g/mol. The average Bonchev–Trinajstić information content (AvgIpc) is 2.86. The summed E-state index contributed by atoms with van der Waals surface area (Å²) in [5.74, 6) is 4.48. The van der Waals surface area contributed by atoms with Crippen molar-refractivity contribution in [1.29, 1.82) is 0 Å². The molecule has 0 unspecified atom stereocenters. The second-order valence-corrected chi connectivity index (χ2v) is 6.05. The third kappa shape index (κ3) is 2.54. The van der Waals surface area contributed by atoms with Crippen molar-refractivity contribution in [3.8, 4) is 5.75 Å². The highest BCUT2D eigenvalue weighted by atomic mass is 32.2. The summed E-state index contributed by atoms with van der Waals surface area (Å²) >= 11 is 2.07. The maximum Gasteiger partial charge on any atom is 0.124 e. The van der Waals surface area contributed by atoms with Gasteiger partial charge in [0.2, 0.25) is 0 Å². The maximum atomic E-state index is 6.04. The van der Waals surface area contributed by atoms with Crippen molar-refractivity contribution >= 4 is 17.4 Å². The molecule has 1 N–H and O–H groups in total. The Labute approximate surface area is 107 Å². The smallest absolute Gasteiger partial charge is 0.124 e. The molecule has 0 amide bonds. The van der Waals surface area contributed by atoms with Crippen LogP contribution in [0.25, 0.3) is 0 Å². The second-order valence-electron chi connectivity index (χ2n) is 4.83. The number of rotatable bonds is 3. The zero-order valence-corrected chi connectivity index (χ0v) is 10.9. The molecule has 1 fully saturated rings. The molecular formula is C14H19NOS. The van der Waals surface area contributed by atoms with Crippen molar-refractivity contribution in [2.24, 2.45) is 5.92 Å². The van der Waals surface area contributed by atoms with Crippen LogP contribution in [0, 0.1) is 5.92 Å². The molecule has 0 aliphatic carbocycles. The summed E-state index contributed by atoms with van der Waals surface area (Å²) in [7, 11) is 0. The minimum absolute atomic E-state index is 0.765. The van der Waals surface area contributed by atoms with E-state index < -0.39 is 0 Å². The van der Waals surface area contributed by atoms with E-state index in [1.807, 2.05) is 0 Å². The van der Waals surface area contributed by atoms with Crippen LogP contribution in [0.15, 0.2) is 18.2 Å². The number of benzene rings is 1. The standard InChI is InChI=1S/C14H19NOS/c1-2-13-12(4-7-15-13)14(3-1)16-10-11-5-8-17-9-6-11/h1-3,11,15H,4-10H2. The normalized spacial score (nSPS) is 19.8. The van der Waals surface area contributed by atoms with Gasteiger partial charge in [0.1, 0.15) is 5.75 Å². The van der Waals surface area contributed by atoms with Crippen LogP contribution in [0.3, 0.4) is 0 Å². The van der Waals surface area contributed by atoms with Crippen molar-refractivity contribution in [2.75, 3.05) is 30.0 Å². The minimum Gasteiger partial charge on any atom is -0.493 e. The zero-order chi connectivity index (χ0) is 11.5. The number of ether oxygens (including phenoxy) is 1. The second kappa shape index (κ2) is 5.21. The summed E-state index contributed by atoms with van der Waals surface area (Å²) in [6.45, 7) is 1.95. The van der Waals surface area contributed by atoms with E-state index in [0.717, 1.165) is 31.2 Å². The first-order valence-corrected chi connectivity index (χ1v) is 7.65. The summed E-state index contributed by atoms with van der Waals surface area (Å²) in [4.78, 5) is 0. The van der Waals surface area contributed by atoms with E-state index in [2.05, 4.69) is 35.3 Å². The predicted molar refractivity (Wildman–Crippen MR) is 74.2 cm³/mol. The fourth-order valence-corrected chi connectivity index (χ4v) is 3.77. The van der Waals surface area contributed by atoms with Gasteiger partial charge in [0.15, 0.2) is 0 Å². The zero-order valence-electron chi connectivity index (χ0n) is 10.1. The summed E-state index contributed by atoms with van der Waals surface area (Å²) in [6.07, 6.45) is 3.74. The van der Waals surface area contributed by atoms with E-state index in [1.54, 1.807) is 0 Å². The minimum atomic E-state index is 0.765. The molecule has 2 aliphatic rings. The van der Waals surface area contributed by atoms with Gasteiger partial charge in [0, 0.05) is 17.8 Å². The molecule has 0 radical (unpaired) electrons. The van der Waals surface area contributed by atoms with Gasteiger partial charge in [-0.15, -0.1) is 0 Å². The molecule has 2 aliphatic heterocycles. The van der Waals surface area contributed by atoms with E-state index in [1.165, 1.54) is 35.6 Å². The average molecular weight is 249 g/mol. The van der Waals surface area contributed by atoms with Gasteiger partial charge in [-0.1, -0.05) is 6.07 Å². The maximum absolute atomic E-state index is 6.04. The number of thioether (sulfide) groups is 1. The van der Waals surface area contributed by atoms with Gasteiger partial charge in [-0.3, -0.25) is 0 Å². The lowest BCUT2D eigenvalue weighted by Gasteiger charge is -2.22. The van der Waals surface area contributed by atoms with Gasteiger partial charge in [0.25, 0.3) is 0 Å². The van der Waals surface area contributed by atoms with E-state index in [4.69, 9.17) is 4.74 Å². The summed E-state index contributed by atoms with van der Waals surface area (Å²) in [6, 6.07) is 6.35. The van der Waals surface area contributed by atoms with Crippen LogP contribution in [0.5, 0.6) is 5.75 Å². The number of nitrogens with one attached hydrogen (secondary N) is 1. The lowest BCUT2D eigenvalue weighted by molar-refractivity contribution is 0.238. The van der Waals surface area contributed by atoms with Crippen LogP contribution in [-0.2, 0) is 6.42 Å². The van der Waals surface area contributed by atoms with Gasteiger partial charge >= 0.3 is 0 Å². The summed E-state index contributed by atoms with van der Waals surface area (Å²) in [5.41, 5.74) is 2.64. The molecule has 1 aromatic rings. The Hall–Kier alpha value is -0.830. The quantitative estimate of drug-likeness (QED) is 0.889. The van der Waals surface area contributed by atoms with Crippen molar-refractivity contribution < 1.29 is 4.74 Å². The first-order valence-electron chi connectivity index (χ1n) is 6.50. The molecule has 1 aromatic carbocycles. The Morgan fingerprint density at radius 2 is 2.18 bits per heavy atom. The van der Waals surface area contributed by atoms with Crippen LogP contribution in [0.1, 0.15) is 18.4 Å². The Kier molecular flexibility index (Phi) is 3.46. The van der Waals surface area contributed by atoms with Crippen LogP contribution in [0.2, 0.25) is 0 Å². The van der Waals surface area contributed by atoms with Crippen LogP contribution < -0.4 is 10.1 Å². The molecule has 0 atom stereocenters.